The summed E-state index contributed by atoms with van der Waals surface area (Å²) in [5.41, 5.74) is -0.212. The molecule has 4 heteroatoms. The van der Waals surface area contributed by atoms with Gasteiger partial charge >= 0.3 is 6.09 Å². The van der Waals surface area contributed by atoms with Crippen molar-refractivity contribution in [1.29, 1.82) is 0 Å². The fourth-order valence-electron chi connectivity index (χ4n) is 4.39. The molecule has 1 heterocycles. The third-order valence-electron chi connectivity index (χ3n) is 5.99. The van der Waals surface area contributed by atoms with Gasteiger partial charge < -0.3 is 15.0 Å². The average molecular weight is 339 g/mol. The van der Waals surface area contributed by atoms with Crippen LogP contribution in [0.1, 0.15) is 79.6 Å². The monoisotopic (exact) mass is 338 g/mol. The Bertz CT molecular complexity index is 418. The van der Waals surface area contributed by atoms with E-state index in [0.717, 1.165) is 38.4 Å². The van der Waals surface area contributed by atoms with Crippen molar-refractivity contribution in [1.82, 2.24) is 10.2 Å². The standard InChI is InChI=1S/C20H38N2O2/c1-6-16-10-8-11-17(16)21-14-20(7-2)12-9-13-22(15-20)18(23)24-19(3,4)5/h16-17,21H,6-15H2,1-5H3. The molecule has 2 aliphatic rings. The van der Waals surface area contributed by atoms with Crippen LogP contribution in [-0.2, 0) is 4.74 Å². The number of ether oxygens (including phenoxy) is 1. The highest BCUT2D eigenvalue weighted by molar-refractivity contribution is 5.68. The van der Waals surface area contributed by atoms with Gasteiger partial charge in [-0.1, -0.05) is 26.7 Å². The number of nitrogens with zero attached hydrogens (tertiary/aromatic N) is 1. The lowest BCUT2D eigenvalue weighted by molar-refractivity contribution is 0.00276. The molecule has 1 saturated heterocycles. The molecule has 0 spiro atoms. The highest BCUT2D eigenvalue weighted by atomic mass is 16.6. The zero-order chi connectivity index (χ0) is 17.8. The van der Waals surface area contributed by atoms with Gasteiger partial charge in [-0.25, -0.2) is 4.79 Å². The van der Waals surface area contributed by atoms with E-state index in [4.69, 9.17) is 4.74 Å². The van der Waals surface area contributed by atoms with Gasteiger partial charge in [0, 0.05) is 31.1 Å². The summed E-state index contributed by atoms with van der Waals surface area (Å²) in [5, 5.41) is 3.87. The topological polar surface area (TPSA) is 41.6 Å². The van der Waals surface area contributed by atoms with E-state index in [2.05, 4.69) is 19.2 Å². The smallest absolute Gasteiger partial charge is 0.410 e. The summed E-state index contributed by atoms with van der Waals surface area (Å²) >= 11 is 0. The maximum Gasteiger partial charge on any atom is 0.410 e. The van der Waals surface area contributed by atoms with Gasteiger partial charge in [-0.05, 0) is 58.8 Å². The van der Waals surface area contributed by atoms with Crippen molar-refractivity contribution in [3.63, 3.8) is 0 Å². The summed E-state index contributed by atoms with van der Waals surface area (Å²) in [6, 6.07) is 0.676. The number of likely N-dealkylation sites (tertiary alicyclic amines) is 1. The zero-order valence-corrected chi connectivity index (χ0v) is 16.5. The lowest BCUT2D eigenvalue weighted by Crippen LogP contribution is -2.52. The molecule has 3 atom stereocenters. The Kier molecular flexibility index (Phi) is 6.58. The second-order valence-electron chi connectivity index (χ2n) is 8.95. The SMILES string of the molecule is CCC1CCCC1NCC1(CC)CCCN(C(=O)OC(C)(C)C)C1. The molecule has 3 unspecified atom stereocenters. The quantitative estimate of drug-likeness (QED) is 0.797. The molecule has 1 aliphatic heterocycles. The second-order valence-corrected chi connectivity index (χ2v) is 8.95. The van der Waals surface area contributed by atoms with Crippen LogP contribution in [0.4, 0.5) is 4.79 Å². The molecule has 0 bridgehead atoms. The van der Waals surface area contributed by atoms with E-state index in [9.17, 15) is 4.79 Å². The van der Waals surface area contributed by atoms with Gasteiger partial charge in [0.05, 0.1) is 0 Å². The van der Waals surface area contributed by atoms with E-state index in [-0.39, 0.29) is 11.5 Å². The maximum atomic E-state index is 12.5. The highest BCUT2D eigenvalue weighted by Gasteiger charge is 2.38. The van der Waals surface area contributed by atoms with Crippen LogP contribution in [0.3, 0.4) is 0 Å². The Morgan fingerprint density at radius 2 is 2.00 bits per heavy atom. The van der Waals surface area contributed by atoms with Gasteiger partial charge in [-0.3, -0.25) is 0 Å². The summed E-state index contributed by atoms with van der Waals surface area (Å²) in [6.45, 7) is 13.1. The van der Waals surface area contributed by atoms with Crippen LogP contribution in [0.2, 0.25) is 0 Å². The first-order valence-corrected chi connectivity index (χ1v) is 10.00. The summed E-state index contributed by atoms with van der Waals surface area (Å²) in [7, 11) is 0. The molecule has 4 nitrogen and oxygen atoms in total. The molecule has 1 N–H and O–H groups in total. The summed E-state index contributed by atoms with van der Waals surface area (Å²) in [4.78, 5) is 14.4. The maximum absolute atomic E-state index is 12.5. The lowest BCUT2D eigenvalue weighted by atomic mass is 9.77. The van der Waals surface area contributed by atoms with Gasteiger partial charge in [-0.2, -0.15) is 0 Å². The number of hydrogen-bond donors (Lipinski definition) is 1. The predicted molar refractivity (Wildman–Crippen MR) is 99.2 cm³/mol. The zero-order valence-electron chi connectivity index (χ0n) is 16.5. The molecule has 0 aromatic heterocycles. The van der Waals surface area contributed by atoms with E-state index in [0.29, 0.717) is 6.04 Å². The van der Waals surface area contributed by atoms with Crippen LogP contribution >= 0.6 is 0 Å². The normalized spacial score (nSPS) is 31.3. The van der Waals surface area contributed by atoms with E-state index >= 15 is 0 Å². The van der Waals surface area contributed by atoms with Gasteiger partial charge in [0.25, 0.3) is 0 Å². The third-order valence-corrected chi connectivity index (χ3v) is 5.99. The third kappa shape index (κ3) is 5.11. The first kappa shape index (κ1) is 19.6. The van der Waals surface area contributed by atoms with Gasteiger partial charge in [-0.15, -0.1) is 0 Å². The van der Waals surface area contributed by atoms with Crippen molar-refractivity contribution in [2.24, 2.45) is 11.3 Å². The van der Waals surface area contributed by atoms with Crippen LogP contribution in [0, 0.1) is 11.3 Å². The predicted octanol–water partition coefficient (Wildman–Crippen LogP) is 4.58. The second kappa shape index (κ2) is 8.07. The summed E-state index contributed by atoms with van der Waals surface area (Å²) < 4.78 is 5.59. The van der Waals surface area contributed by atoms with Gasteiger partial charge in [0.2, 0.25) is 0 Å². The Hall–Kier alpha value is -0.770. The fourth-order valence-corrected chi connectivity index (χ4v) is 4.39. The molecule has 1 aliphatic carbocycles. The van der Waals surface area contributed by atoms with E-state index in [1.54, 1.807) is 0 Å². The molecule has 140 valence electrons. The molecule has 1 amide bonds. The number of hydrogen-bond acceptors (Lipinski definition) is 3. The minimum absolute atomic E-state index is 0.146. The van der Waals surface area contributed by atoms with E-state index < -0.39 is 5.60 Å². The number of nitrogens with one attached hydrogen (secondary N) is 1. The molecule has 24 heavy (non-hydrogen) atoms. The van der Waals surface area contributed by atoms with Crippen LogP contribution < -0.4 is 5.32 Å². The molecule has 0 aromatic rings. The van der Waals surface area contributed by atoms with Crippen molar-refractivity contribution >= 4 is 6.09 Å². The van der Waals surface area contributed by atoms with Crippen molar-refractivity contribution in [2.75, 3.05) is 19.6 Å². The minimum atomic E-state index is -0.417. The van der Waals surface area contributed by atoms with E-state index in [1.165, 1.54) is 32.1 Å². The molecule has 1 saturated carbocycles. The van der Waals surface area contributed by atoms with Crippen LogP contribution in [0.15, 0.2) is 0 Å². The minimum Gasteiger partial charge on any atom is -0.444 e. The molecular weight excluding hydrogens is 300 g/mol. The Morgan fingerprint density at radius 1 is 1.25 bits per heavy atom. The number of piperidine rings is 1. The molecular formula is C20H38N2O2. The largest absolute Gasteiger partial charge is 0.444 e. The fraction of sp³-hybridized carbons (Fsp3) is 0.950. The van der Waals surface area contributed by atoms with Crippen LogP contribution in [0.25, 0.3) is 0 Å². The number of amides is 1. The highest BCUT2D eigenvalue weighted by Crippen LogP contribution is 2.35. The van der Waals surface area contributed by atoms with Gasteiger partial charge in [0.1, 0.15) is 5.60 Å². The number of carbonyl (C=O) groups excluding carboxylic acids is 1. The van der Waals surface area contributed by atoms with Crippen LogP contribution in [0.5, 0.6) is 0 Å². The molecule has 0 radical (unpaired) electrons. The lowest BCUT2D eigenvalue weighted by Gasteiger charge is -2.43. The van der Waals surface area contributed by atoms with Crippen LogP contribution in [-0.4, -0.2) is 42.3 Å². The Balaban J connectivity index is 1.94. The first-order chi connectivity index (χ1) is 11.3. The average Bonchev–Trinajstić information content (AvgIpc) is 2.99. The van der Waals surface area contributed by atoms with Gasteiger partial charge in [0.15, 0.2) is 0 Å². The Labute approximate surface area is 148 Å². The van der Waals surface area contributed by atoms with Crippen molar-refractivity contribution in [2.45, 2.75) is 91.2 Å². The number of carbonyl (C=O) groups is 1. The summed E-state index contributed by atoms with van der Waals surface area (Å²) in [6.07, 6.45) is 8.58. The number of rotatable bonds is 5. The van der Waals surface area contributed by atoms with Crippen molar-refractivity contribution in [3.05, 3.63) is 0 Å². The molecule has 2 fully saturated rings. The Morgan fingerprint density at radius 3 is 2.62 bits per heavy atom. The van der Waals surface area contributed by atoms with E-state index in [1.807, 2.05) is 25.7 Å². The molecule has 0 aromatic carbocycles. The first-order valence-electron chi connectivity index (χ1n) is 10.00. The van der Waals surface area contributed by atoms with Crippen molar-refractivity contribution in [3.8, 4) is 0 Å². The molecule has 2 rings (SSSR count). The summed E-state index contributed by atoms with van der Waals surface area (Å²) in [5.74, 6) is 0.837. The van der Waals surface area contributed by atoms with Crippen molar-refractivity contribution < 1.29 is 9.53 Å².